The summed E-state index contributed by atoms with van der Waals surface area (Å²) in [5.74, 6) is 0.873. The van der Waals surface area contributed by atoms with Crippen LogP contribution in [-0.2, 0) is 14.3 Å². The summed E-state index contributed by atoms with van der Waals surface area (Å²) in [4.78, 5) is 38.8. The molecule has 0 saturated carbocycles. The summed E-state index contributed by atoms with van der Waals surface area (Å²) in [5.41, 5.74) is -0.217. The zero-order valence-corrected chi connectivity index (χ0v) is 33.7. The third-order valence-electron chi connectivity index (χ3n) is 8.65. The Bertz CT molecular complexity index is 1850. The standard InChI is InChI=1S/C20H28O4S.C20H26O4S/c2*1-12-14-10-13(23-7)8-9-15(14)25-16(12)17(21)24-11-20(5,6)18(22)19(2,3)4/h8-10,18,22H,11H2,1-7H3;8-10H,11H2,1-7H3. The summed E-state index contributed by atoms with van der Waals surface area (Å²) >= 11 is 2.82. The fourth-order valence-corrected chi connectivity index (χ4v) is 8.17. The van der Waals surface area contributed by atoms with E-state index in [1.165, 1.54) is 22.7 Å². The van der Waals surface area contributed by atoms with Crippen LogP contribution < -0.4 is 9.47 Å². The average Bonchev–Trinajstić information content (AvgIpc) is 3.56. The number of hydrogen-bond acceptors (Lipinski definition) is 10. The molecule has 0 fully saturated rings. The van der Waals surface area contributed by atoms with Crippen molar-refractivity contribution in [3.63, 3.8) is 0 Å². The first kappa shape index (κ1) is 41.0. The number of ketones is 1. The summed E-state index contributed by atoms with van der Waals surface area (Å²) in [7, 11) is 3.24. The molecule has 2 aromatic carbocycles. The van der Waals surface area contributed by atoms with Gasteiger partial charge in [-0.1, -0.05) is 55.4 Å². The molecule has 0 aliphatic carbocycles. The van der Waals surface area contributed by atoms with Crippen LogP contribution in [0.3, 0.4) is 0 Å². The van der Waals surface area contributed by atoms with Crippen LogP contribution in [0, 0.1) is 35.5 Å². The highest BCUT2D eigenvalue weighted by Crippen LogP contribution is 2.37. The second-order valence-electron chi connectivity index (χ2n) is 16.2. The number of carbonyl (C=O) groups excluding carboxylic acids is 3. The molecule has 1 atom stereocenters. The van der Waals surface area contributed by atoms with Crippen LogP contribution in [0.1, 0.15) is 99.7 Å². The summed E-state index contributed by atoms with van der Waals surface area (Å²) in [6, 6.07) is 11.5. The van der Waals surface area contributed by atoms with E-state index in [9.17, 15) is 19.5 Å². The van der Waals surface area contributed by atoms with Crippen molar-refractivity contribution in [2.45, 2.75) is 89.2 Å². The van der Waals surface area contributed by atoms with Gasteiger partial charge in [0.05, 0.1) is 32.3 Å². The Balaban J connectivity index is 0.000000270. The Kier molecular flexibility index (Phi) is 12.6. The number of thiophene rings is 2. The van der Waals surface area contributed by atoms with Gasteiger partial charge in [-0.05, 0) is 91.4 Å². The van der Waals surface area contributed by atoms with Crippen molar-refractivity contribution in [2.24, 2.45) is 21.7 Å². The Hall–Kier alpha value is -3.47. The van der Waals surface area contributed by atoms with Crippen molar-refractivity contribution in [2.75, 3.05) is 27.4 Å². The number of fused-ring (bicyclic) bond motifs is 2. The molecule has 0 radical (unpaired) electrons. The molecule has 50 heavy (non-hydrogen) atoms. The van der Waals surface area contributed by atoms with Gasteiger partial charge in [0.15, 0.2) is 0 Å². The van der Waals surface area contributed by atoms with E-state index in [0.717, 1.165) is 42.8 Å². The minimum absolute atomic E-state index is 0.0684. The van der Waals surface area contributed by atoms with Crippen molar-refractivity contribution >= 4 is 60.6 Å². The number of ether oxygens (including phenoxy) is 4. The molecule has 1 unspecified atom stereocenters. The number of rotatable bonds is 10. The molecule has 2 aromatic heterocycles. The lowest BCUT2D eigenvalue weighted by atomic mass is 9.73. The molecule has 10 heteroatoms. The molecule has 2 heterocycles. The Morgan fingerprint density at radius 1 is 0.680 bits per heavy atom. The zero-order chi connectivity index (χ0) is 38.0. The first-order chi connectivity index (χ1) is 22.9. The highest BCUT2D eigenvalue weighted by atomic mass is 32.1. The van der Waals surface area contributed by atoms with Crippen molar-refractivity contribution in [3.05, 3.63) is 57.3 Å². The number of aryl methyl sites for hydroxylation is 2. The van der Waals surface area contributed by atoms with Crippen LogP contribution in [0.2, 0.25) is 0 Å². The van der Waals surface area contributed by atoms with E-state index in [1.807, 2.05) is 119 Å². The highest BCUT2D eigenvalue weighted by molar-refractivity contribution is 7.21. The molecule has 4 aromatic rings. The van der Waals surface area contributed by atoms with E-state index in [2.05, 4.69) is 0 Å². The predicted molar refractivity (Wildman–Crippen MR) is 204 cm³/mol. The number of aliphatic hydroxyl groups is 1. The molecule has 8 nitrogen and oxygen atoms in total. The summed E-state index contributed by atoms with van der Waals surface area (Å²) in [6.45, 7) is 23.1. The maximum Gasteiger partial charge on any atom is 0.348 e. The van der Waals surface area contributed by atoms with E-state index >= 15 is 0 Å². The molecule has 0 amide bonds. The van der Waals surface area contributed by atoms with Gasteiger partial charge >= 0.3 is 11.9 Å². The van der Waals surface area contributed by atoms with Gasteiger partial charge in [0.2, 0.25) is 0 Å². The number of aliphatic hydroxyl groups excluding tert-OH is 1. The van der Waals surface area contributed by atoms with Crippen LogP contribution in [0.5, 0.6) is 11.5 Å². The molecule has 274 valence electrons. The molecular formula is C40H54O8S2. The van der Waals surface area contributed by atoms with Crippen molar-refractivity contribution in [1.82, 2.24) is 0 Å². The predicted octanol–water partition coefficient (Wildman–Crippen LogP) is 9.82. The van der Waals surface area contributed by atoms with Crippen LogP contribution in [0.4, 0.5) is 0 Å². The molecule has 0 aliphatic rings. The molecule has 0 saturated heterocycles. The van der Waals surface area contributed by atoms with Gasteiger partial charge in [0.1, 0.15) is 33.6 Å². The van der Waals surface area contributed by atoms with Crippen molar-refractivity contribution in [3.8, 4) is 11.5 Å². The van der Waals surface area contributed by atoms with Gasteiger partial charge in [-0.2, -0.15) is 0 Å². The maximum atomic E-state index is 12.6. The third kappa shape index (κ3) is 9.44. The Morgan fingerprint density at radius 2 is 1.08 bits per heavy atom. The van der Waals surface area contributed by atoms with E-state index in [4.69, 9.17) is 18.9 Å². The molecular weight excluding hydrogens is 673 g/mol. The topological polar surface area (TPSA) is 108 Å². The van der Waals surface area contributed by atoms with Crippen LogP contribution in [-0.4, -0.2) is 56.4 Å². The lowest BCUT2D eigenvalue weighted by molar-refractivity contribution is -0.137. The zero-order valence-electron chi connectivity index (χ0n) is 32.1. The van der Waals surface area contributed by atoms with Gasteiger partial charge in [-0.25, -0.2) is 9.59 Å². The van der Waals surface area contributed by atoms with Crippen LogP contribution in [0.15, 0.2) is 36.4 Å². The maximum absolute atomic E-state index is 12.6. The second kappa shape index (κ2) is 15.4. The molecule has 0 aliphatic heterocycles. The van der Waals surface area contributed by atoms with Gasteiger partial charge in [0.25, 0.3) is 0 Å². The Labute approximate surface area is 305 Å². The average molecular weight is 727 g/mol. The highest BCUT2D eigenvalue weighted by Gasteiger charge is 2.39. The SMILES string of the molecule is COc1ccc2sc(C(=O)OCC(C)(C)C(=O)C(C)(C)C)c(C)c2c1.COc1ccc2sc(C(=O)OCC(C)(C)C(O)C(C)(C)C)c(C)c2c1. The van der Waals surface area contributed by atoms with E-state index in [0.29, 0.717) is 9.75 Å². The van der Waals surface area contributed by atoms with E-state index in [1.54, 1.807) is 14.2 Å². The molecule has 1 N–H and O–H groups in total. The number of carbonyl (C=O) groups is 3. The van der Waals surface area contributed by atoms with E-state index < -0.39 is 22.3 Å². The number of esters is 2. The number of hydrogen-bond donors (Lipinski definition) is 1. The minimum atomic E-state index is -0.721. The van der Waals surface area contributed by atoms with E-state index in [-0.39, 0.29) is 36.4 Å². The molecule has 4 rings (SSSR count). The van der Waals surface area contributed by atoms with Gasteiger partial charge < -0.3 is 24.1 Å². The smallest absolute Gasteiger partial charge is 0.348 e. The number of benzene rings is 2. The van der Waals surface area contributed by atoms with Gasteiger partial charge in [0, 0.05) is 20.2 Å². The fraction of sp³-hybridized carbons (Fsp3) is 0.525. The summed E-state index contributed by atoms with van der Waals surface area (Å²) < 4.78 is 23.6. The summed E-state index contributed by atoms with van der Waals surface area (Å²) in [6.07, 6.45) is -0.583. The normalized spacial score (nSPS) is 13.0. The first-order valence-electron chi connectivity index (χ1n) is 16.7. The van der Waals surface area contributed by atoms with Gasteiger partial charge in [-0.3, -0.25) is 4.79 Å². The van der Waals surface area contributed by atoms with Crippen LogP contribution in [0.25, 0.3) is 20.2 Å². The van der Waals surface area contributed by atoms with Crippen molar-refractivity contribution in [1.29, 1.82) is 0 Å². The first-order valence-corrected chi connectivity index (χ1v) is 18.3. The lowest BCUT2D eigenvalue weighted by Crippen LogP contribution is -2.43. The molecule has 0 bridgehead atoms. The summed E-state index contributed by atoms with van der Waals surface area (Å²) in [5, 5.41) is 12.5. The minimum Gasteiger partial charge on any atom is -0.497 e. The lowest BCUT2D eigenvalue weighted by Gasteiger charge is -2.38. The number of Topliss-reactive ketones (excluding diaryl/α,β-unsaturated/α-hetero) is 1. The Morgan fingerprint density at radius 3 is 1.44 bits per heavy atom. The van der Waals surface area contributed by atoms with Crippen molar-refractivity contribution < 1.29 is 38.4 Å². The van der Waals surface area contributed by atoms with Gasteiger partial charge in [-0.15, -0.1) is 22.7 Å². The fourth-order valence-electron chi connectivity index (χ4n) is 6.00. The van der Waals surface area contributed by atoms with Crippen LogP contribution >= 0.6 is 22.7 Å². The third-order valence-corrected chi connectivity index (χ3v) is 11.2. The molecule has 0 spiro atoms. The second-order valence-corrected chi connectivity index (χ2v) is 18.3. The largest absolute Gasteiger partial charge is 0.497 e. The quantitative estimate of drug-likeness (QED) is 0.161. The number of methoxy groups -OCH3 is 2. The monoisotopic (exact) mass is 726 g/mol.